The first-order chi connectivity index (χ1) is 16.6. The summed E-state index contributed by atoms with van der Waals surface area (Å²) in [4.78, 5) is 39.0. The Labute approximate surface area is 204 Å². The van der Waals surface area contributed by atoms with Crippen molar-refractivity contribution in [3.8, 4) is 0 Å². The molecule has 0 spiro atoms. The van der Waals surface area contributed by atoms with Gasteiger partial charge >= 0.3 is 5.69 Å². The number of thiazole rings is 1. The average Bonchev–Trinajstić information content (AvgIpc) is 3.28. The Morgan fingerprint density at radius 2 is 1.71 bits per heavy atom. The quantitative estimate of drug-likeness (QED) is 0.388. The molecule has 35 heavy (non-hydrogen) atoms. The van der Waals surface area contributed by atoms with Gasteiger partial charge in [0.25, 0.3) is 11.5 Å². The van der Waals surface area contributed by atoms with Crippen LogP contribution in [0.2, 0.25) is 0 Å². The lowest BCUT2D eigenvalue weighted by molar-refractivity contribution is 0.0954. The van der Waals surface area contributed by atoms with Crippen molar-refractivity contribution in [3.63, 3.8) is 0 Å². The van der Waals surface area contributed by atoms with Crippen molar-refractivity contribution in [2.75, 3.05) is 5.75 Å². The molecule has 0 radical (unpaired) electrons. The molecule has 0 aliphatic heterocycles. The number of halogens is 1. The minimum absolute atomic E-state index is 0.160. The lowest BCUT2D eigenvalue weighted by atomic mass is 10.2. The summed E-state index contributed by atoms with van der Waals surface area (Å²) in [6.07, 6.45) is 1.34. The lowest BCUT2D eigenvalue weighted by Crippen LogP contribution is -2.39. The Bertz CT molecular complexity index is 1610. The van der Waals surface area contributed by atoms with Crippen molar-refractivity contribution in [1.29, 1.82) is 0 Å². The van der Waals surface area contributed by atoms with E-state index >= 15 is 0 Å². The Morgan fingerprint density at radius 1 is 1.03 bits per heavy atom. The van der Waals surface area contributed by atoms with Crippen LogP contribution in [0.15, 0.2) is 70.4 Å². The summed E-state index contributed by atoms with van der Waals surface area (Å²) in [5.41, 5.74) is 0.264. The minimum Gasteiger partial charge on any atom is -0.347 e. The molecule has 0 bridgehead atoms. The van der Waals surface area contributed by atoms with Crippen molar-refractivity contribution < 1.29 is 17.6 Å². The van der Waals surface area contributed by atoms with Gasteiger partial charge in [0.1, 0.15) is 15.5 Å². The second-order valence-electron chi connectivity index (χ2n) is 8.02. The van der Waals surface area contributed by atoms with Crippen molar-refractivity contribution >= 4 is 31.9 Å². The molecule has 0 saturated heterocycles. The number of amides is 1. The first-order valence-electron chi connectivity index (χ1n) is 10.7. The molecule has 8 nitrogen and oxygen atoms in total. The standard InChI is InChI=1S/C24H22FN3O5S2/c1-16-22(30)27(11-12-35(32,33)15-18-5-3-2-4-6-18)24(31)28-14-20(34-23(16)28)21(29)26-13-17-7-9-19(25)10-8-17/h2-10,14H,11-13,15H2,1H3,(H,26,29). The molecule has 2 heterocycles. The summed E-state index contributed by atoms with van der Waals surface area (Å²) in [5.74, 6) is -1.40. The third kappa shape index (κ3) is 5.57. The molecular weight excluding hydrogens is 493 g/mol. The van der Waals surface area contributed by atoms with E-state index in [-0.39, 0.29) is 40.9 Å². The monoisotopic (exact) mass is 515 g/mol. The number of nitrogens with one attached hydrogen (secondary N) is 1. The van der Waals surface area contributed by atoms with Crippen LogP contribution in [-0.4, -0.2) is 29.0 Å². The summed E-state index contributed by atoms with van der Waals surface area (Å²) < 4.78 is 40.2. The van der Waals surface area contributed by atoms with Crippen molar-refractivity contribution in [1.82, 2.24) is 14.3 Å². The number of carbonyl (C=O) groups is 1. The Morgan fingerprint density at radius 3 is 2.40 bits per heavy atom. The number of sulfone groups is 1. The summed E-state index contributed by atoms with van der Waals surface area (Å²) >= 11 is 0.991. The zero-order valence-corrected chi connectivity index (χ0v) is 20.4. The fraction of sp³-hybridized carbons (Fsp3) is 0.208. The first-order valence-corrected chi connectivity index (χ1v) is 13.3. The van der Waals surface area contributed by atoms with Gasteiger partial charge in [-0.25, -0.2) is 17.6 Å². The van der Waals surface area contributed by atoms with E-state index in [4.69, 9.17) is 0 Å². The van der Waals surface area contributed by atoms with Crippen LogP contribution in [0.5, 0.6) is 0 Å². The molecule has 0 unspecified atom stereocenters. The SMILES string of the molecule is Cc1c(=O)n(CCS(=O)(=O)Cc2ccccc2)c(=O)n2cc(C(=O)NCc3ccc(F)cc3)sc12. The van der Waals surface area contributed by atoms with E-state index < -0.39 is 27.0 Å². The van der Waals surface area contributed by atoms with Crippen LogP contribution in [-0.2, 0) is 28.7 Å². The van der Waals surface area contributed by atoms with Gasteiger partial charge in [-0.2, -0.15) is 0 Å². The number of hydrogen-bond acceptors (Lipinski definition) is 6. The molecular formula is C24H22FN3O5S2. The third-order valence-electron chi connectivity index (χ3n) is 5.44. The molecule has 1 amide bonds. The fourth-order valence-corrected chi connectivity index (χ4v) is 5.88. The highest BCUT2D eigenvalue weighted by molar-refractivity contribution is 7.90. The van der Waals surface area contributed by atoms with Gasteiger partial charge in [-0.15, -0.1) is 11.3 Å². The van der Waals surface area contributed by atoms with Crippen LogP contribution in [0.3, 0.4) is 0 Å². The van der Waals surface area contributed by atoms with Gasteiger partial charge in [0, 0.05) is 24.8 Å². The molecule has 0 fully saturated rings. The lowest BCUT2D eigenvalue weighted by Gasteiger charge is -2.08. The normalized spacial score (nSPS) is 11.6. The van der Waals surface area contributed by atoms with Crippen LogP contribution in [0.25, 0.3) is 4.83 Å². The van der Waals surface area contributed by atoms with E-state index in [1.807, 2.05) is 0 Å². The second kappa shape index (κ2) is 9.96. The van der Waals surface area contributed by atoms with Gasteiger partial charge in [0.15, 0.2) is 9.84 Å². The molecule has 0 aliphatic rings. The van der Waals surface area contributed by atoms with Crippen molar-refractivity contribution in [2.45, 2.75) is 25.8 Å². The highest BCUT2D eigenvalue weighted by Gasteiger charge is 2.19. The van der Waals surface area contributed by atoms with Gasteiger partial charge < -0.3 is 5.32 Å². The van der Waals surface area contributed by atoms with Crippen molar-refractivity contribution in [3.05, 3.63) is 109 Å². The number of hydrogen-bond donors (Lipinski definition) is 1. The van der Waals surface area contributed by atoms with Crippen LogP contribution in [0, 0.1) is 12.7 Å². The second-order valence-corrected chi connectivity index (χ2v) is 11.2. The maximum Gasteiger partial charge on any atom is 0.336 e. The summed E-state index contributed by atoms with van der Waals surface area (Å²) in [7, 11) is -3.57. The molecule has 0 aliphatic carbocycles. The van der Waals surface area contributed by atoms with Crippen LogP contribution in [0.4, 0.5) is 4.39 Å². The zero-order chi connectivity index (χ0) is 25.2. The van der Waals surface area contributed by atoms with Gasteiger partial charge in [-0.05, 0) is 30.2 Å². The van der Waals surface area contributed by atoms with Gasteiger partial charge in [0.2, 0.25) is 0 Å². The largest absolute Gasteiger partial charge is 0.347 e. The van der Waals surface area contributed by atoms with E-state index in [0.29, 0.717) is 16.0 Å². The molecule has 1 N–H and O–H groups in total. The Kier molecular flexibility index (Phi) is 6.99. The van der Waals surface area contributed by atoms with Gasteiger partial charge in [-0.1, -0.05) is 42.5 Å². The highest BCUT2D eigenvalue weighted by atomic mass is 32.2. The maximum absolute atomic E-state index is 13.0. The topological polar surface area (TPSA) is 107 Å². The molecule has 182 valence electrons. The van der Waals surface area contributed by atoms with E-state index in [9.17, 15) is 27.2 Å². The minimum atomic E-state index is -3.57. The molecule has 0 atom stereocenters. The first kappa shape index (κ1) is 24.6. The van der Waals surface area contributed by atoms with E-state index in [2.05, 4.69) is 5.32 Å². The molecule has 0 saturated carbocycles. The fourth-order valence-electron chi connectivity index (χ4n) is 3.57. The smallest absolute Gasteiger partial charge is 0.336 e. The maximum atomic E-state index is 13.0. The number of aryl methyl sites for hydroxylation is 1. The molecule has 4 aromatic rings. The van der Waals surface area contributed by atoms with Crippen LogP contribution in [0.1, 0.15) is 26.4 Å². The highest BCUT2D eigenvalue weighted by Crippen LogP contribution is 2.18. The van der Waals surface area contributed by atoms with E-state index in [0.717, 1.165) is 15.9 Å². The Balaban J connectivity index is 1.55. The number of fused-ring (bicyclic) bond motifs is 1. The molecule has 2 aromatic heterocycles. The molecule has 4 rings (SSSR count). The number of aromatic nitrogens is 2. The average molecular weight is 516 g/mol. The van der Waals surface area contributed by atoms with Gasteiger partial charge in [0.05, 0.1) is 11.5 Å². The van der Waals surface area contributed by atoms with Gasteiger partial charge in [-0.3, -0.25) is 18.6 Å². The summed E-state index contributed by atoms with van der Waals surface area (Å²) in [5, 5.41) is 2.70. The Hall–Kier alpha value is -3.57. The number of nitrogens with zero attached hydrogens (tertiary/aromatic N) is 2. The number of carbonyl (C=O) groups excluding carboxylic acids is 1. The number of rotatable bonds is 8. The van der Waals surface area contributed by atoms with Crippen LogP contribution < -0.4 is 16.6 Å². The summed E-state index contributed by atoms with van der Waals surface area (Å²) in [6.45, 7) is 1.40. The summed E-state index contributed by atoms with van der Waals surface area (Å²) in [6, 6.07) is 14.3. The van der Waals surface area contributed by atoms with E-state index in [1.165, 1.54) is 29.7 Å². The third-order valence-corrected chi connectivity index (χ3v) is 8.23. The zero-order valence-electron chi connectivity index (χ0n) is 18.7. The van der Waals surface area contributed by atoms with Crippen molar-refractivity contribution in [2.24, 2.45) is 0 Å². The van der Waals surface area contributed by atoms with Crippen LogP contribution >= 0.6 is 11.3 Å². The molecule has 11 heteroatoms. The predicted octanol–water partition coefficient (Wildman–Crippen LogP) is 2.52. The van der Waals surface area contributed by atoms with E-state index in [1.54, 1.807) is 42.5 Å². The number of benzene rings is 2. The molecule has 2 aromatic carbocycles. The predicted molar refractivity (Wildman–Crippen MR) is 132 cm³/mol.